The van der Waals surface area contributed by atoms with E-state index in [2.05, 4.69) is 6.92 Å². The maximum absolute atomic E-state index is 12.0. The number of unbranched alkanes of at least 4 members (excludes halogenated alkanes) is 3. The predicted molar refractivity (Wildman–Crippen MR) is 111 cm³/mol. The van der Waals surface area contributed by atoms with Crippen LogP contribution in [0.5, 0.6) is 0 Å². The van der Waals surface area contributed by atoms with Gasteiger partial charge in [-0.1, -0.05) is 31.9 Å². The third-order valence-electron chi connectivity index (χ3n) is 5.53. The Hall–Kier alpha value is -1.20. The van der Waals surface area contributed by atoms with Gasteiger partial charge in [-0.25, -0.2) is 0 Å². The van der Waals surface area contributed by atoms with Crippen LogP contribution in [-0.4, -0.2) is 40.3 Å². The number of ketones is 1. The van der Waals surface area contributed by atoms with Crippen LogP contribution in [0.25, 0.3) is 0 Å². The number of aliphatic hydroxyl groups is 2. The summed E-state index contributed by atoms with van der Waals surface area (Å²) >= 11 is 0. The van der Waals surface area contributed by atoms with Crippen molar-refractivity contribution < 1.29 is 24.5 Å². The molecular formula is C23H40O5. The fraction of sp³-hybridized carbons (Fsp3) is 0.826. The Labute approximate surface area is 170 Å². The van der Waals surface area contributed by atoms with Crippen molar-refractivity contribution in [3.8, 4) is 0 Å². The highest BCUT2D eigenvalue weighted by atomic mass is 16.5. The van der Waals surface area contributed by atoms with Crippen molar-refractivity contribution in [1.29, 1.82) is 0 Å². The Morgan fingerprint density at radius 1 is 1.00 bits per heavy atom. The summed E-state index contributed by atoms with van der Waals surface area (Å²) < 4.78 is 5.10. The SMILES string of the molecule is CCCCCC(=O)CCC1C(O)CC(O)C1CC=CCCCC(=O)OC(C)C. The molecule has 1 aliphatic carbocycles. The van der Waals surface area contributed by atoms with E-state index in [0.29, 0.717) is 38.5 Å². The third-order valence-corrected chi connectivity index (χ3v) is 5.53. The van der Waals surface area contributed by atoms with Crippen LogP contribution in [0.15, 0.2) is 12.2 Å². The zero-order valence-corrected chi connectivity index (χ0v) is 17.9. The number of aliphatic hydroxyl groups excluding tert-OH is 2. The molecule has 5 nitrogen and oxygen atoms in total. The van der Waals surface area contributed by atoms with Crippen LogP contribution in [0.1, 0.15) is 91.4 Å². The molecule has 0 aromatic rings. The fourth-order valence-electron chi connectivity index (χ4n) is 3.99. The highest BCUT2D eigenvalue weighted by molar-refractivity contribution is 5.78. The highest BCUT2D eigenvalue weighted by Crippen LogP contribution is 2.38. The van der Waals surface area contributed by atoms with Gasteiger partial charge in [0.15, 0.2) is 0 Å². The van der Waals surface area contributed by atoms with Gasteiger partial charge in [-0.05, 0) is 64.2 Å². The molecule has 4 unspecified atom stereocenters. The lowest BCUT2D eigenvalue weighted by atomic mass is 9.86. The largest absolute Gasteiger partial charge is 0.463 e. The van der Waals surface area contributed by atoms with E-state index in [9.17, 15) is 19.8 Å². The molecule has 0 aromatic heterocycles. The molecule has 0 radical (unpaired) electrons. The van der Waals surface area contributed by atoms with Crippen LogP contribution in [0.4, 0.5) is 0 Å². The summed E-state index contributed by atoms with van der Waals surface area (Å²) in [4.78, 5) is 23.5. The number of rotatable bonds is 14. The summed E-state index contributed by atoms with van der Waals surface area (Å²) in [6.45, 7) is 5.80. The lowest BCUT2D eigenvalue weighted by Gasteiger charge is -2.22. The van der Waals surface area contributed by atoms with E-state index in [1.54, 1.807) is 0 Å². The average molecular weight is 397 g/mol. The molecule has 1 aliphatic rings. The van der Waals surface area contributed by atoms with E-state index in [0.717, 1.165) is 32.1 Å². The third kappa shape index (κ3) is 9.83. The molecule has 2 N–H and O–H groups in total. The smallest absolute Gasteiger partial charge is 0.306 e. The normalized spacial score (nSPS) is 24.9. The second-order valence-corrected chi connectivity index (χ2v) is 8.37. The van der Waals surface area contributed by atoms with Crippen molar-refractivity contribution in [3.63, 3.8) is 0 Å². The van der Waals surface area contributed by atoms with Gasteiger partial charge >= 0.3 is 5.97 Å². The maximum Gasteiger partial charge on any atom is 0.306 e. The monoisotopic (exact) mass is 396 g/mol. The van der Waals surface area contributed by atoms with Crippen molar-refractivity contribution >= 4 is 11.8 Å². The molecule has 28 heavy (non-hydrogen) atoms. The molecule has 1 rings (SSSR count). The Balaban J connectivity index is 2.34. The summed E-state index contributed by atoms with van der Waals surface area (Å²) in [6.07, 6.45) is 10.9. The molecule has 0 bridgehead atoms. The topological polar surface area (TPSA) is 83.8 Å². The van der Waals surface area contributed by atoms with E-state index in [4.69, 9.17) is 4.74 Å². The summed E-state index contributed by atoms with van der Waals surface area (Å²) in [5.74, 6) is 0.0856. The molecule has 4 atom stereocenters. The molecule has 162 valence electrons. The van der Waals surface area contributed by atoms with Crippen LogP contribution in [0, 0.1) is 11.8 Å². The molecule has 0 spiro atoms. The van der Waals surface area contributed by atoms with Gasteiger partial charge in [-0.15, -0.1) is 0 Å². The Kier molecular flexibility index (Phi) is 12.3. The molecule has 5 heteroatoms. The van der Waals surface area contributed by atoms with Crippen molar-refractivity contribution in [2.75, 3.05) is 0 Å². The van der Waals surface area contributed by atoms with E-state index >= 15 is 0 Å². The van der Waals surface area contributed by atoms with Crippen molar-refractivity contribution in [2.24, 2.45) is 11.8 Å². The number of hydrogen-bond acceptors (Lipinski definition) is 5. The number of ether oxygens (including phenoxy) is 1. The first-order chi connectivity index (χ1) is 13.3. The first-order valence-electron chi connectivity index (χ1n) is 11.1. The first kappa shape index (κ1) is 24.8. The number of carbonyl (C=O) groups is 2. The van der Waals surface area contributed by atoms with Crippen LogP contribution in [0.3, 0.4) is 0 Å². The van der Waals surface area contributed by atoms with Gasteiger partial charge in [0, 0.05) is 19.3 Å². The minimum Gasteiger partial charge on any atom is -0.463 e. The summed E-state index contributed by atoms with van der Waals surface area (Å²) in [6, 6.07) is 0. The summed E-state index contributed by atoms with van der Waals surface area (Å²) in [7, 11) is 0. The lowest BCUT2D eigenvalue weighted by Crippen LogP contribution is -2.22. The molecular weight excluding hydrogens is 356 g/mol. The molecule has 1 saturated carbocycles. The standard InChI is InChI=1S/C23H40O5/c1-4-5-8-11-18(24)14-15-20-19(21(25)16-22(20)26)12-9-6-7-10-13-23(27)28-17(2)3/h6,9,17,19-22,25-26H,4-5,7-8,10-16H2,1-3H3. The van der Waals surface area contributed by atoms with Gasteiger partial charge in [0.1, 0.15) is 5.78 Å². The van der Waals surface area contributed by atoms with Gasteiger partial charge in [-0.3, -0.25) is 9.59 Å². The number of Topliss-reactive ketones (excluding diaryl/α,β-unsaturated/α-hetero) is 1. The van der Waals surface area contributed by atoms with Crippen LogP contribution in [-0.2, 0) is 14.3 Å². The molecule has 0 saturated heterocycles. The minimum atomic E-state index is -0.525. The van der Waals surface area contributed by atoms with Gasteiger partial charge < -0.3 is 14.9 Å². The quantitative estimate of drug-likeness (QED) is 0.259. The lowest BCUT2D eigenvalue weighted by molar-refractivity contribution is -0.147. The van der Waals surface area contributed by atoms with Crippen LogP contribution in [0.2, 0.25) is 0 Å². The van der Waals surface area contributed by atoms with E-state index in [1.165, 1.54) is 0 Å². The second-order valence-electron chi connectivity index (χ2n) is 8.37. The molecule has 0 aliphatic heterocycles. The molecule has 0 aromatic carbocycles. The molecule has 1 fully saturated rings. The fourth-order valence-corrected chi connectivity index (χ4v) is 3.99. The zero-order chi connectivity index (χ0) is 20.9. The molecule has 0 amide bonds. The Morgan fingerprint density at radius 3 is 2.39 bits per heavy atom. The van der Waals surface area contributed by atoms with Gasteiger partial charge in [0.2, 0.25) is 0 Å². The number of carbonyl (C=O) groups excluding carboxylic acids is 2. The first-order valence-corrected chi connectivity index (χ1v) is 11.1. The maximum atomic E-state index is 12.0. The predicted octanol–water partition coefficient (Wildman–Crippen LogP) is 4.34. The van der Waals surface area contributed by atoms with Gasteiger partial charge in [0.05, 0.1) is 18.3 Å². The number of esters is 1. The summed E-state index contributed by atoms with van der Waals surface area (Å²) in [5.41, 5.74) is 0. The van der Waals surface area contributed by atoms with Crippen molar-refractivity contribution in [1.82, 2.24) is 0 Å². The second kappa shape index (κ2) is 13.9. The molecule has 0 heterocycles. The van der Waals surface area contributed by atoms with Gasteiger partial charge in [-0.2, -0.15) is 0 Å². The zero-order valence-electron chi connectivity index (χ0n) is 17.9. The van der Waals surface area contributed by atoms with Crippen LogP contribution >= 0.6 is 0 Å². The Bertz CT molecular complexity index is 485. The van der Waals surface area contributed by atoms with Crippen molar-refractivity contribution in [2.45, 2.75) is 110 Å². The van der Waals surface area contributed by atoms with Crippen LogP contribution < -0.4 is 0 Å². The number of hydrogen-bond donors (Lipinski definition) is 2. The van der Waals surface area contributed by atoms with E-state index < -0.39 is 12.2 Å². The summed E-state index contributed by atoms with van der Waals surface area (Å²) in [5, 5.41) is 20.6. The Morgan fingerprint density at radius 2 is 1.71 bits per heavy atom. The van der Waals surface area contributed by atoms with Crippen molar-refractivity contribution in [3.05, 3.63) is 12.2 Å². The van der Waals surface area contributed by atoms with E-state index in [-0.39, 0.29) is 29.7 Å². The van der Waals surface area contributed by atoms with Gasteiger partial charge in [0.25, 0.3) is 0 Å². The van der Waals surface area contributed by atoms with E-state index in [1.807, 2.05) is 26.0 Å². The minimum absolute atomic E-state index is 0.000554. The highest BCUT2D eigenvalue weighted by Gasteiger charge is 2.40. The average Bonchev–Trinajstić information content (AvgIpc) is 2.88. The number of allylic oxidation sites excluding steroid dienone is 2.